The van der Waals surface area contributed by atoms with Crippen LogP contribution in [0.3, 0.4) is 0 Å². The molecule has 1 unspecified atom stereocenters. The standard InChI is InChI=1S/C23H26BrNO5/c1-12-19(23(28)30-14-6-3-4-7-14)20(21-16(25-12)8-5-9-17(21)26)13-10-15(24)22(27)18(11-13)29-2/h10-11,14,19-20,27H,3-9H2,1-2H3/t19?,20-/m0/s1. The van der Waals surface area contributed by atoms with Gasteiger partial charge in [0.05, 0.1) is 11.6 Å². The lowest BCUT2D eigenvalue weighted by molar-refractivity contribution is -0.151. The first-order valence-electron chi connectivity index (χ1n) is 10.5. The average molecular weight is 476 g/mol. The molecule has 4 rings (SSSR count). The molecule has 1 heterocycles. The lowest BCUT2D eigenvalue weighted by Crippen LogP contribution is -2.38. The van der Waals surface area contributed by atoms with Gasteiger partial charge in [0.2, 0.25) is 0 Å². The molecule has 1 aliphatic heterocycles. The fourth-order valence-corrected chi connectivity index (χ4v) is 5.30. The van der Waals surface area contributed by atoms with E-state index in [4.69, 9.17) is 9.47 Å². The normalized spacial score (nSPS) is 24.5. The molecular formula is C23H26BrNO5. The number of nitrogens with zero attached hydrogens (tertiary/aromatic N) is 1. The Labute approximate surface area is 184 Å². The number of allylic oxidation sites excluding steroid dienone is 2. The Kier molecular flexibility index (Phi) is 6.00. The SMILES string of the molecule is COc1cc([C@@H]2C3=C(CCCC3=O)N=C(C)C2C(=O)OC2CCCC2)cc(Br)c1O. The fourth-order valence-electron chi connectivity index (χ4n) is 4.84. The number of carbonyl (C=O) groups is 2. The highest BCUT2D eigenvalue weighted by Gasteiger charge is 2.44. The van der Waals surface area contributed by atoms with Crippen molar-refractivity contribution in [3.8, 4) is 11.5 Å². The van der Waals surface area contributed by atoms with E-state index in [2.05, 4.69) is 20.9 Å². The number of methoxy groups -OCH3 is 1. The van der Waals surface area contributed by atoms with Gasteiger partial charge < -0.3 is 14.6 Å². The summed E-state index contributed by atoms with van der Waals surface area (Å²) in [5, 5.41) is 10.3. The number of hydrogen-bond acceptors (Lipinski definition) is 6. The number of carbonyl (C=O) groups excluding carboxylic acids is 2. The minimum absolute atomic E-state index is 0.0169. The third kappa shape index (κ3) is 3.80. The average Bonchev–Trinajstić information content (AvgIpc) is 3.22. The van der Waals surface area contributed by atoms with E-state index in [0.717, 1.165) is 49.8 Å². The lowest BCUT2D eigenvalue weighted by atomic mass is 9.71. The van der Waals surface area contributed by atoms with Crippen molar-refractivity contribution in [1.29, 1.82) is 0 Å². The van der Waals surface area contributed by atoms with Crippen molar-refractivity contribution in [2.45, 2.75) is 63.9 Å². The lowest BCUT2D eigenvalue weighted by Gasteiger charge is -2.35. The van der Waals surface area contributed by atoms with Crippen molar-refractivity contribution in [1.82, 2.24) is 0 Å². The highest BCUT2D eigenvalue weighted by molar-refractivity contribution is 9.10. The molecule has 30 heavy (non-hydrogen) atoms. The van der Waals surface area contributed by atoms with E-state index in [9.17, 15) is 14.7 Å². The van der Waals surface area contributed by atoms with Gasteiger partial charge in [0.25, 0.3) is 0 Å². The molecule has 0 amide bonds. The van der Waals surface area contributed by atoms with Crippen LogP contribution >= 0.6 is 15.9 Å². The molecule has 1 aromatic carbocycles. The zero-order chi connectivity index (χ0) is 21.4. The molecule has 1 N–H and O–H groups in total. The van der Waals surface area contributed by atoms with E-state index in [1.165, 1.54) is 7.11 Å². The summed E-state index contributed by atoms with van der Waals surface area (Å²) >= 11 is 3.37. The van der Waals surface area contributed by atoms with E-state index >= 15 is 0 Å². The number of aliphatic imine (C=N–C) groups is 1. The predicted octanol–water partition coefficient (Wildman–Crippen LogP) is 4.83. The maximum atomic E-state index is 13.3. The van der Waals surface area contributed by atoms with Gasteiger partial charge in [-0.1, -0.05) is 0 Å². The molecule has 2 aliphatic carbocycles. The molecule has 1 aromatic rings. The molecule has 0 bridgehead atoms. The van der Waals surface area contributed by atoms with Crippen LogP contribution in [0.2, 0.25) is 0 Å². The first kappa shape index (κ1) is 21.1. The number of phenols is 1. The maximum Gasteiger partial charge on any atom is 0.315 e. The second-order valence-electron chi connectivity index (χ2n) is 8.24. The summed E-state index contributed by atoms with van der Waals surface area (Å²) in [5.41, 5.74) is 2.75. The summed E-state index contributed by atoms with van der Waals surface area (Å²) in [6, 6.07) is 3.45. The summed E-state index contributed by atoms with van der Waals surface area (Å²) in [6.07, 6.45) is 5.76. The Morgan fingerprint density at radius 2 is 1.93 bits per heavy atom. The van der Waals surface area contributed by atoms with Gasteiger partial charge in [-0.3, -0.25) is 14.6 Å². The smallest absolute Gasteiger partial charge is 0.315 e. The van der Waals surface area contributed by atoms with Gasteiger partial charge in [-0.2, -0.15) is 0 Å². The molecular weight excluding hydrogens is 450 g/mol. The van der Waals surface area contributed by atoms with Gasteiger partial charge in [0, 0.05) is 29.3 Å². The van der Waals surface area contributed by atoms with Crippen LogP contribution < -0.4 is 4.74 Å². The number of hydrogen-bond donors (Lipinski definition) is 1. The van der Waals surface area contributed by atoms with Crippen LogP contribution in [0.4, 0.5) is 0 Å². The van der Waals surface area contributed by atoms with Crippen LogP contribution in [0.25, 0.3) is 0 Å². The summed E-state index contributed by atoms with van der Waals surface area (Å²) in [4.78, 5) is 30.9. The third-order valence-corrected chi connectivity index (χ3v) is 6.91. The number of ketones is 1. The zero-order valence-corrected chi connectivity index (χ0v) is 18.8. The highest BCUT2D eigenvalue weighted by Crippen LogP contribution is 2.47. The number of esters is 1. The van der Waals surface area contributed by atoms with Crippen LogP contribution in [0.5, 0.6) is 11.5 Å². The van der Waals surface area contributed by atoms with Crippen molar-refractivity contribution in [2.24, 2.45) is 10.9 Å². The molecule has 6 nitrogen and oxygen atoms in total. The van der Waals surface area contributed by atoms with Gasteiger partial charge in [-0.05, 0) is 79.1 Å². The van der Waals surface area contributed by atoms with Gasteiger partial charge in [-0.25, -0.2) is 0 Å². The van der Waals surface area contributed by atoms with Crippen molar-refractivity contribution >= 4 is 33.4 Å². The van der Waals surface area contributed by atoms with E-state index in [0.29, 0.717) is 22.2 Å². The predicted molar refractivity (Wildman–Crippen MR) is 116 cm³/mol. The summed E-state index contributed by atoms with van der Waals surface area (Å²) in [6.45, 7) is 1.84. The molecule has 0 saturated heterocycles. The van der Waals surface area contributed by atoms with Crippen LogP contribution in [-0.2, 0) is 14.3 Å². The van der Waals surface area contributed by atoms with Crippen molar-refractivity contribution in [2.75, 3.05) is 7.11 Å². The number of ether oxygens (including phenoxy) is 2. The molecule has 7 heteroatoms. The summed E-state index contributed by atoms with van der Waals surface area (Å²) < 4.78 is 11.6. The molecule has 0 aromatic heterocycles. The van der Waals surface area contributed by atoms with Crippen LogP contribution in [0.1, 0.15) is 63.4 Å². The van der Waals surface area contributed by atoms with Gasteiger partial charge in [0.15, 0.2) is 17.3 Å². The molecule has 2 atom stereocenters. The van der Waals surface area contributed by atoms with E-state index in [1.807, 2.05) is 6.92 Å². The Balaban J connectivity index is 1.81. The number of phenolic OH excluding ortho intramolecular Hbond substituents is 1. The number of halogens is 1. The molecule has 0 radical (unpaired) electrons. The Morgan fingerprint density at radius 1 is 1.20 bits per heavy atom. The highest BCUT2D eigenvalue weighted by atomic mass is 79.9. The third-order valence-electron chi connectivity index (χ3n) is 6.30. The minimum Gasteiger partial charge on any atom is -0.503 e. The first-order valence-corrected chi connectivity index (χ1v) is 11.3. The fraction of sp³-hybridized carbons (Fsp3) is 0.522. The number of benzene rings is 1. The Morgan fingerprint density at radius 3 is 2.63 bits per heavy atom. The summed E-state index contributed by atoms with van der Waals surface area (Å²) in [7, 11) is 1.47. The molecule has 3 aliphatic rings. The second kappa shape index (κ2) is 8.53. The summed E-state index contributed by atoms with van der Waals surface area (Å²) in [5.74, 6) is -1.22. The minimum atomic E-state index is -0.674. The molecule has 1 fully saturated rings. The molecule has 0 spiro atoms. The van der Waals surface area contributed by atoms with E-state index < -0.39 is 11.8 Å². The number of rotatable bonds is 4. The monoisotopic (exact) mass is 475 g/mol. The molecule has 1 saturated carbocycles. The van der Waals surface area contributed by atoms with Crippen LogP contribution in [0.15, 0.2) is 32.9 Å². The maximum absolute atomic E-state index is 13.3. The van der Waals surface area contributed by atoms with Gasteiger partial charge in [0.1, 0.15) is 12.0 Å². The number of Topliss-reactive ketones (excluding diaryl/α,β-unsaturated/α-hetero) is 1. The quantitative estimate of drug-likeness (QED) is 0.630. The van der Waals surface area contributed by atoms with Crippen molar-refractivity contribution < 1.29 is 24.2 Å². The zero-order valence-electron chi connectivity index (χ0n) is 17.2. The second-order valence-corrected chi connectivity index (χ2v) is 9.10. The van der Waals surface area contributed by atoms with Gasteiger partial charge in [-0.15, -0.1) is 0 Å². The number of aromatic hydroxyl groups is 1. The van der Waals surface area contributed by atoms with E-state index in [1.54, 1.807) is 12.1 Å². The Bertz CT molecular complexity index is 945. The van der Waals surface area contributed by atoms with Gasteiger partial charge >= 0.3 is 5.97 Å². The first-order chi connectivity index (χ1) is 14.4. The molecule has 160 valence electrons. The Hall–Kier alpha value is -2.15. The largest absolute Gasteiger partial charge is 0.503 e. The topological polar surface area (TPSA) is 85.2 Å². The van der Waals surface area contributed by atoms with Crippen molar-refractivity contribution in [3.63, 3.8) is 0 Å². The van der Waals surface area contributed by atoms with E-state index in [-0.39, 0.29) is 29.4 Å². The van der Waals surface area contributed by atoms with Crippen molar-refractivity contribution in [3.05, 3.63) is 33.4 Å². The van der Waals surface area contributed by atoms with Crippen LogP contribution in [0, 0.1) is 5.92 Å². The van der Waals surface area contributed by atoms with Crippen LogP contribution in [-0.4, -0.2) is 35.8 Å².